The van der Waals surface area contributed by atoms with E-state index in [1.165, 1.54) is 30.3 Å². The number of rotatable bonds is 6. The first-order valence-corrected chi connectivity index (χ1v) is 9.62. The van der Waals surface area contributed by atoms with E-state index in [9.17, 15) is 38.9 Å². The second-order valence-corrected chi connectivity index (χ2v) is 7.38. The minimum atomic E-state index is -1.54. The van der Waals surface area contributed by atoms with Gasteiger partial charge in [-0.05, 0) is 53.9 Å². The molecule has 0 bridgehead atoms. The minimum absolute atomic E-state index is 0.200. The normalized spacial score (nSPS) is 10.5. The molecule has 0 aliphatic heterocycles. The highest BCUT2D eigenvalue weighted by Crippen LogP contribution is 2.29. The molecule has 3 aromatic rings. The predicted molar refractivity (Wildman–Crippen MR) is 117 cm³/mol. The molecule has 33 heavy (non-hydrogen) atoms. The van der Waals surface area contributed by atoms with Gasteiger partial charge in [0.2, 0.25) is 0 Å². The van der Waals surface area contributed by atoms with Crippen LogP contribution in [-0.2, 0) is 0 Å². The molecule has 1 amide bonds. The Labute approximate surface area is 190 Å². The van der Waals surface area contributed by atoms with Gasteiger partial charge in [0.15, 0.2) is 0 Å². The van der Waals surface area contributed by atoms with Crippen molar-refractivity contribution in [3.05, 3.63) is 87.2 Å². The van der Waals surface area contributed by atoms with E-state index in [1.54, 1.807) is 13.0 Å². The van der Waals surface area contributed by atoms with Crippen LogP contribution in [-0.4, -0.2) is 39.1 Å². The number of anilines is 1. The van der Waals surface area contributed by atoms with Crippen LogP contribution in [0.5, 0.6) is 0 Å². The third kappa shape index (κ3) is 4.83. The molecule has 0 radical (unpaired) electrons. The van der Waals surface area contributed by atoms with Gasteiger partial charge in [0.25, 0.3) is 5.91 Å². The second-order valence-electron chi connectivity index (χ2n) is 6.97. The molecular formula is C23H15ClFNO7. The van der Waals surface area contributed by atoms with Crippen molar-refractivity contribution in [1.29, 1.82) is 0 Å². The van der Waals surface area contributed by atoms with Gasteiger partial charge in [-0.15, -0.1) is 0 Å². The molecule has 0 heterocycles. The fraction of sp³-hybridized carbons (Fsp3) is 0.0435. The lowest BCUT2D eigenvalue weighted by molar-refractivity contribution is 0.0679. The van der Waals surface area contributed by atoms with E-state index in [4.69, 9.17) is 11.6 Å². The van der Waals surface area contributed by atoms with Crippen molar-refractivity contribution in [2.24, 2.45) is 0 Å². The van der Waals surface area contributed by atoms with Crippen molar-refractivity contribution in [3.63, 3.8) is 0 Å². The lowest BCUT2D eigenvalue weighted by Crippen LogP contribution is -2.19. The van der Waals surface area contributed by atoms with Crippen LogP contribution in [0.25, 0.3) is 11.1 Å². The van der Waals surface area contributed by atoms with Crippen molar-refractivity contribution in [3.8, 4) is 11.1 Å². The number of carbonyl (C=O) groups is 4. The molecule has 3 aromatic carbocycles. The molecule has 4 N–H and O–H groups in total. The Hall–Kier alpha value is -4.24. The summed E-state index contributed by atoms with van der Waals surface area (Å²) in [5, 5.41) is 30.1. The van der Waals surface area contributed by atoms with Crippen LogP contribution in [0, 0.1) is 12.7 Å². The molecule has 10 heteroatoms. The number of carbonyl (C=O) groups excluding carboxylic acids is 1. The molecule has 0 aliphatic carbocycles. The van der Waals surface area contributed by atoms with Crippen LogP contribution in [0.15, 0.2) is 48.5 Å². The monoisotopic (exact) mass is 471 g/mol. The number of aromatic carboxylic acids is 3. The Morgan fingerprint density at radius 2 is 1.33 bits per heavy atom. The smallest absolute Gasteiger partial charge is 0.337 e. The van der Waals surface area contributed by atoms with Gasteiger partial charge in [-0.2, -0.15) is 0 Å². The Morgan fingerprint density at radius 3 is 1.91 bits per heavy atom. The number of halogens is 2. The van der Waals surface area contributed by atoms with E-state index in [0.717, 1.165) is 12.1 Å². The molecule has 0 saturated carbocycles. The highest BCUT2D eigenvalue weighted by molar-refractivity contribution is 6.34. The van der Waals surface area contributed by atoms with Gasteiger partial charge in [-0.25, -0.2) is 18.8 Å². The van der Waals surface area contributed by atoms with Gasteiger partial charge < -0.3 is 20.6 Å². The Kier molecular flexibility index (Phi) is 6.45. The van der Waals surface area contributed by atoms with Crippen molar-refractivity contribution in [2.45, 2.75) is 6.92 Å². The van der Waals surface area contributed by atoms with Crippen LogP contribution in [0.2, 0.25) is 5.02 Å². The van der Waals surface area contributed by atoms with Crippen molar-refractivity contribution < 1.29 is 38.9 Å². The number of hydrogen-bond donors (Lipinski definition) is 4. The number of benzene rings is 3. The predicted octanol–water partition coefficient (Wildman–Crippen LogP) is 4.80. The summed E-state index contributed by atoms with van der Waals surface area (Å²) in [6.07, 6.45) is 0. The van der Waals surface area contributed by atoms with Gasteiger partial charge in [0.05, 0.1) is 33.0 Å². The van der Waals surface area contributed by atoms with E-state index in [1.807, 2.05) is 0 Å². The fourth-order valence-corrected chi connectivity index (χ4v) is 3.32. The van der Waals surface area contributed by atoms with Gasteiger partial charge in [-0.1, -0.05) is 29.8 Å². The highest BCUT2D eigenvalue weighted by atomic mass is 35.5. The summed E-state index contributed by atoms with van der Waals surface area (Å²) in [6, 6.07) is 9.94. The second kappa shape index (κ2) is 9.09. The van der Waals surface area contributed by atoms with Gasteiger partial charge >= 0.3 is 17.9 Å². The number of aryl methyl sites for hydroxylation is 1. The first kappa shape index (κ1) is 23.4. The number of hydrogen-bond acceptors (Lipinski definition) is 4. The SMILES string of the molecule is Cc1ccc(-c2ccc(C(=O)O)c(NC(=O)c3cc(C(=O)O)c(Cl)cc3C(=O)O)c2)cc1F. The minimum Gasteiger partial charge on any atom is -0.478 e. The van der Waals surface area contributed by atoms with Gasteiger partial charge in [0, 0.05) is 0 Å². The topological polar surface area (TPSA) is 141 Å². The zero-order valence-corrected chi connectivity index (χ0v) is 17.6. The zero-order valence-electron chi connectivity index (χ0n) is 16.8. The van der Waals surface area contributed by atoms with Crippen molar-refractivity contribution >= 4 is 41.1 Å². The number of amides is 1. The maximum absolute atomic E-state index is 14.0. The summed E-state index contributed by atoms with van der Waals surface area (Å²) in [7, 11) is 0. The lowest BCUT2D eigenvalue weighted by atomic mass is 10.00. The molecule has 0 spiro atoms. The molecule has 168 valence electrons. The first-order valence-electron chi connectivity index (χ1n) is 9.25. The molecule has 0 unspecified atom stereocenters. The quantitative estimate of drug-likeness (QED) is 0.404. The summed E-state index contributed by atoms with van der Waals surface area (Å²) in [6.45, 7) is 1.58. The Balaban J connectivity index is 2.10. The number of carboxylic acids is 3. The van der Waals surface area contributed by atoms with E-state index >= 15 is 0 Å². The first-order chi connectivity index (χ1) is 15.5. The van der Waals surface area contributed by atoms with Gasteiger partial charge in [-0.3, -0.25) is 4.79 Å². The Bertz CT molecular complexity index is 1340. The summed E-state index contributed by atoms with van der Waals surface area (Å²) in [5.41, 5.74) is -0.921. The van der Waals surface area contributed by atoms with Crippen LogP contribution in [0.1, 0.15) is 47.0 Å². The summed E-state index contributed by atoms with van der Waals surface area (Å²) >= 11 is 5.80. The molecule has 3 rings (SSSR count). The fourth-order valence-electron chi connectivity index (χ4n) is 3.08. The van der Waals surface area contributed by atoms with E-state index in [-0.39, 0.29) is 16.3 Å². The van der Waals surface area contributed by atoms with E-state index in [0.29, 0.717) is 16.7 Å². The van der Waals surface area contributed by atoms with E-state index in [2.05, 4.69) is 5.32 Å². The largest absolute Gasteiger partial charge is 0.478 e. The molecule has 0 fully saturated rings. The maximum Gasteiger partial charge on any atom is 0.337 e. The number of nitrogens with one attached hydrogen (secondary N) is 1. The molecule has 8 nitrogen and oxygen atoms in total. The lowest BCUT2D eigenvalue weighted by Gasteiger charge is -2.13. The standard InChI is InChI=1S/C23H15ClFNO7/c1-10-2-3-11(6-18(10)25)12-4-5-13(21(28)29)19(7-12)26-20(27)14-8-16(23(32)33)17(24)9-15(14)22(30)31/h2-9H,1H3,(H,26,27)(H,28,29)(H,30,31)(H,32,33). The average Bonchev–Trinajstić information content (AvgIpc) is 2.74. The Morgan fingerprint density at radius 1 is 0.758 bits per heavy atom. The van der Waals surface area contributed by atoms with Crippen molar-refractivity contribution in [2.75, 3.05) is 5.32 Å². The average molecular weight is 472 g/mol. The molecule has 0 aliphatic rings. The summed E-state index contributed by atoms with van der Waals surface area (Å²) in [4.78, 5) is 47.5. The van der Waals surface area contributed by atoms with Crippen LogP contribution < -0.4 is 5.32 Å². The van der Waals surface area contributed by atoms with E-state index < -0.39 is 46.3 Å². The van der Waals surface area contributed by atoms with Crippen LogP contribution >= 0.6 is 11.6 Å². The molecule has 0 atom stereocenters. The molecule has 0 saturated heterocycles. The third-order valence-corrected chi connectivity index (χ3v) is 5.13. The van der Waals surface area contributed by atoms with Crippen molar-refractivity contribution in [1.82, 2.24) is 0 Å². The zero-order chi connectivity index (χ0) is 24.4. The maximum atomic E-state index is 14.0. The molecule has 0 aromatic heterocycles. The van der Waals surface area contributed by atoms with Crippen LogP contribution in [0.3, 0.4) is 0 Å². The summed E-state index contributed by atoms with van der Waals surface area (Å²) < 4.78 is 14.0. The third-order valence-electron chi connectivity index (χ3n) is 4.82. The summed E-state index contributed by atoms with van der Waals surface area (Å²) in [5.74, 6) is -5.95. The number of carboxylic acid groups (broad SMARTS) is 3. The highest BCUT2D eigenvalue weighted by Gasteiger charge is 2.23. The molecular weight excluding hydrogens is 457 g/mol. The van der Waals surface area contributed by atoms with Gasteiger partial charge in [0.1, 0.15) is 5.82 Å². The van der Waals surface area contributed by atoms with Crippen LogP contribution in [0.4, 0.5) is 10.1 Å².